The molecule has 2 fully saturated rings. The van der Waals surface area contributed by atoms with Crippen LogP contribution < -0.4 is 9.47 Å². The second-order valence-electron chi connectivity index (χ2n) is 7.02. The molecule has 0 aliphatic heterocycles. The smallest absolute Gasteiger partial charge is 0.119 e. The van der Waals surface area contributed by atoms with Gasteiger partial charge in [0.2, 0.25) is 0 Å². The summed E-state index contributed by atoms with van der Waals surface area (Å²) in [5.74, 6) is 1.98. The van der Waals surface area contributed by atoms with Gasteiger partial charge in [0.1, 0.15) is 23.7 Å². The van der Waals surface area contributed by atoms with Crippen LogP contribution in [-0.2, 0) is 0 Å². The summed E-state index contributed by atoms with van der Waals surface area (Å²) in [4.78, 5) is 2.54. The molecule has 2 saturated carbocycles. The van der Waals surface area contributed by atoms with Crippen LogP contribution in [0, 0.1) is 0 Å². The molecule has 0 spiro atoms. The molecule has 0 heterocycles. The third-order valence-corrected chi connectivity index (χ3v) is 5.38. The lowest BCUT2D eigenvalue weighted by atomic mass is 9.82. The lowest BCUT2D eigenvalue weighted by Gasteiger charge is -2.49. The first-order valence-electron chi connectivity index (χ1n) is 8.93. The van der Waals surface area contributed by atoms with Crippen LogP contribution in [0.5, 0.6) is 11.5 Å². The van der Waals surface area contributed by atoms with Crippen molar-refractivity contribution < 1.29 is 9.47 Å². The molecule has 0 N–H and O–H groups in total. The molecule has 0 radical (unpaired) electrons. The molecule has 2 aromatic carbocycles. The minimum Gasteiger partial charge on any atom is -0.490 e. The second kappa shape index (κ2) is 6.86. The van der Waals surface area contributed by atoms with Crippen LogP contribution in [0.1, 0.15) is 25.7 Å². The number of ether oxygens (including phenoxy) is 2. The highest BCUT2D eigenvalue weighted by molar-refractivity contribution is 5.22. The molecule has 2 aliphatic carbocycles. The zero-order valence-electron chi connectivity index (χ0n) is 14.2. The van der Waals surface area contributed by atoms with Crippen LogP contribution in [0.25, 0.3) is 0 Å². The van der Waals surface area contributed by atoms with Crippen LogP contribution in [0.15, 0.2) is 60.7 Å². The molecular formula is C21H25NO2. The highest BCUT2D eigenvalue weighted by Crippen LogP contribution is 2.36. The number of hydrogen-bond donors (Lipinski definition) is 0. The average Bonchev–Trinajstić information content (AvgIpc) is 2.55. The Morgan fingerprint density at radius 1 is 0.667 bits per heavy atom. The van der Waals surface area contributed by atoms with Gasteiger partial charge in [-0.25, -0.2) is 0 Å². The molecule has 0 aromatic heterocycles. The maximum absolute atomic E-state index is 6.01. The normalized spacial score (nSPS) is 28.8. The quantitative estimate of drug-likeness (QED) is 0.797. The van der Waals surface area contributed by atoms with Crippen LogP contribution >= 0.6 is 0 Å². The van der Waals surface area contributed by atoms with Crippen molar-refractivity contribution in [1.82, 2.24) is 4.90 Å². The van der Waals surface area contributed by atoms with Crippen LogP contribution in [0.3, 0.4) is 0 Å². The zero-order chi connectivity index (χ0) is 16.4. The first kappa shape index (κ1) is 15.5. The van der Waals surface area contributed by atoms with Gasteiger partial charge in [0.05, 0.1) is 0 Å². The summed E-state index contributed by atoms with van der Waals surface area (Å²) in [6.07, 6.45) is 5.27. The minimum atomic E-state index is 0.372. The van der Waals surface area contributed by atoms with E-state index in [9.17, 15) is 0 Å². The molecular weight excluding hydrogens is 298 g/mol. The Kier molecular flexibility index (Phi) is 4.44. The molecule has 3 heteroatoms. The van der Waals surface area contributed by atoms with Gasteiger partial charge < -0.3 is 9.47 Å². The predicted molar refractivity (Wildman–Crippen MR) is 95.5 cm³/mol. The summed E-state index contributed by atoms with van der Waals surface area (Å²) in [7, 11) is 2.26. The standard InChI is InChI=1S/C21H25NO2/c1-22(16-12-20(13-16)23-18-8-4-2-5-9-18)17-14-21(15-17)24-19-10-6-3-7-11-19/h2-11,16-17,20-21H,12-15H2,1H3. The molecule has 4 rings (SSSR count). The molecule has 0 atom stereocenters. The molecule has 24 heavy (non-hydrogen) atoms. The number of hydrogen-bond acceptors (Lipinski definition) is 3. The van der Waals surface area contributed by atoms with E-state index in [1.54, 1.807) is 0 Å². The second-order valence-corrected chi connectivity index (χ2v) is 7.02. The zero-order valence-corrected chi connectivity index (χ0v) is 14.2. The van der Waals surface area contributed by atoms with Gasteiger partial charge in [-0.05, 0) is 31.3 Å². The molecule has 0 saturated heterocycles. The van der Waals surface area contributed by atoms with Crippen molar-refractivity contribution in [2.24, 2.45) is 0 Å². The Balaban J connectivity index is 1.18. The van der Waals surface area contributed by atoms with E-state index in [0.29, 0.717) is 24.3 Å². The Morgan fingerprint density at radius 3 is 1.42 bits per heavy atom. The van der Waals surface area contributed by atoms with E-state index >= 15 is 0 Å². The maximum atomic E-state index is 6.01. The third-order valence-electron chi connectivity index (χ3n) is 5.38. The molecule has 0 amide bonds. The number of benzene rings is 2. The first-order chi connectivity index (χ1) is 11.8. The summed E-state index contributed by atoms with van der Waals surface area (Å²) in [5, 5.41) is 0. The maximum Gasteiger partial charge on any atom is 0.119 e. The van der Waals surface area contributed by atoms with E-state index in [1.807, 2.05) is 60.7 Å². The van der Waals surface area contributed by atoms with Crippen molar-refractivity contribution in [2.45, 2.75) is 50.0 Å². The van der Waals surface area contributed by atoms with E-state index in [-0.39, 0.29) is 0 Å². The fourth-order valence-corrected chi connectivity index (χ4v) is 3.61. The summed E-state index contributed by atoms with van der Waals surface area (Å²) in [5.41, 5.74) is 0. The lowest BCUT2D eigenvalue weighted by Crippen LogP contribution is -2.56. The van der Waals surface area contributed by atoms with Crippen molar-refractivity contribution in [2.75, 3.05) is 7.05 Å². The van der Waals surface area contributed by atoms with Crippen molar-refractivity contribution in [3.63, 3.8) is 0 Å². The van der Waals surface area contributed by atoms with E-state index in [2.05, 4.69) is 11.9 Å². The third kappa shape index (κ3) is 3.41. The lowest BCUT2D eigenvalue weighted by molar-refractivity contribution is -0.0400. The fourth-order valence-electron chi connectivity index (χ4n) is 3.61. The van der Waals surface area contributed by atoms with Gasteiger partial charge in [0, 0.05) is 37.8 Å². The Hall–Kier alpha value is -2.00. The molecule has 126 valence electrons. The Labute approximate surface area is 144 Å². The van der Waals surface area contributed by atoms with Crippen LogP contribution in [0.2, 0.25) is 0 Å². The monoisotopic (exact) mass is 323 g/mol. The Bertz CT molecular complexity index is 576. The van der Waals surface area contributed by atoms with Crippen molar-refractivity contribution in [1.29, 1.82) is 0 Å². The van der Waals surface area contributed by atoms with Gasteiger partial charge in [0.15, 0.2) is 0 Å². The van der Waals surface area contributed by atoms with E-state index in [0.717, 1.165) is 37.2 Å². The van der Waals surface area contributed by atoms with Gasteiger partial charge in [-0.1, -0.05) is 36.4 Å². The van der Waals surface area contributed by atoms with E-state index < -0.39 is 0 Å². The van der Waals surface area contributed by atoms with Gasteiger partial charge in [-0.15, -0.1) is 0 Å². The molecule has 0 bridgehead atoms. The topological polar surface area (TPSA) is 21.7 Å². The fraction of sp³-hybridized carbons (Fsp3) is 0.429. The Morgan fingerprint density at radius 2 is 1.04 bits per heavy atom. The highest BCUT2D eigenvalue weighted by atomic mass is 16.5. The van der Waals surface area contributed by atoms with Gasteiger partial charge in [-0.2, -0.15) is 0 Å². The number of para-hydroxylation sites is 2. The van der Waals surface area contributed by atoms with Crippen molar-refractivity contribution >= 4 is 0 Å². The largest absolute Gasteiger partial charge is 0.490 e. The predicted octanol–water partition coefficient (Wildman–Crippen LogP) is 4.14. The molecule has 2 aromatic rings. The molecule has 2 aliphatic rings. The number of rotatable bonds is 6. The summed E-state index contributed by atoms with van der Waals surface area (Å²) < 4.78 is 12.0. The molecule has 3 nitrogen and oxygen atoms in total. The van der Waals surface area contributed by atoms with E-state index in [4.69, 9.17) is 9.47 Å². The van der Waals surface area contributed by atoms with Crippen molar-refractivity contribution in [3.8, 4) is 11.5 Å². The van der Waals surface area contributed by atoms with Crippen LogP contribution in [-0.4, -0.2) is 36.2 Å². The van der Waals surface area contributed by atoms with Gasteiger partial charge in [-0.3, -0.25) is 4.90 Å². The summed E-state index contributed by atoms with van der Waals surface area (Å²) >= 11 is 0. The summed E-state index contributed by atoms with van der Waals surface area (Å²) in [6, 6.07) is 21.6. The number of nitrogens with zero attached hydrogens (tertiary/aromatic N) is 1. The van der Waals surface area contributed by atoms with Crippen molar-refractivity contribution in [3.05, 3.63) is 60.7 Å². The minimum absolute atomic E-state index is 0.372. The summed E-state index contributed by atoms with van der Waals surface area (Å²) in [6.45, 7) is 0. The highest BCUT2D eigenvalue weighted by Gasteiger charge is 2.41. The van der Waals surface area contributed by atoms with E-state index in [1.165, 1.54) is 0 Å². The first-order valence-corrected chi connectivity index (χ1v) is 8.93. The average molecular weight is 323 g/mol. The van der Waals surface area contributed by atoms with Gasteiger partial charge >= 0.3 is 0 Å². The SMILES string of the molecule is CN(C1CC(Oc2ccccc2)C1)C1CC(Oc2ccccc2)C1. The molecule has 0 unspecified atom stereocenters. The van der Waals surface area contributed by atoms with Crippen LogP contribution in [0.4, 0.5) is 0 Å². The van der Waals surface area contributed by atoms with Gasteiger partial charge in [0.25, 0.3) is 0 Å².